The maximum atomic E-state index is 9.82. The molecule has 4 rings (SSSR count). The van der Waals surface area contributed by atoms with E-state index in [2.05, 4.69) is 35.8 Å². The Hall–Kier alpha value is -4.08. The Bertz CT molecular complexity index is 1340. The van der Waals surface area contributed by atoms with E-state index in [0.29, 0.717) is 17.7 Å². The Morgan fingerprint density at radius 2 is 1.60 bits per heavy atom. The molecule has 3 aromatic carbocycles. The van der Waals surface area contributed by atoms with Crippen LogP contribution in [0, 0.1) is 36.5 Å². The van der Waals surface area contributed by atoms with Crippen LogP contribution in [0.1, 0.15) is 33.5 Å². The molecule has 0 aliphatic rings. The van der Waals surface area contributed by atoms with Gasteiger partial charge in [0.25, 0.3) is 0 Å². The quantitative estimate of drug-likeness (QED) is 0.389. The van der Waals surface area contributed by atoms with Gasteiger partial charge in [0.15, 0.2) is 0 Å². The van der Waals surface area contributed by atoms with Crippen LogP contribution in [0.15, 0.2) is 72.8 Å². The van der Waals surface area contributed by atoms with Crippen LogP contribution in [-0.2, 0) is 6.54 Å². The number of hydrogen-bond donors (Lipinski definition) is 0. The first-order valence-corrected chi connectivity index (χ1v) is 9.87. The molecule has 0 saturated carbocycles. The lowest BCUT2D eigenvalue weighted by atomic mass is 10.0. The number of nitriles is 2. The van der Waals surface area contributed by atoms with Gasteiger partial charge in [-0.15, -0.1) is 0 Å². The van der Waals surface area contributed by atoms with Gasteiger partial charge < -0.3 is 4.57 Å². The third-order valence-corrected chi connectivity index (χ3v) is 5.52. The van der Waals surface area contributed by atoms with E-state index in [4.69, 9.17) is 0 Å². The minimum atomic E-state index is 0.607. The number of benzene rings is 3. The zero-order chi connectivity index (χ0) is 21.1. The molecule has 3 nitrogen and oxygen atoms in total. The van der Waals surface area contributed by atoms with Crippen molar-refractivity contribution in [2.75, 3.05) is 0 Å². The molecule has 30 heavy (non-hydrogen) atoms. The van der Waals surface area contributed by atoms with Crippen LogP contribution in [0.3, 0.4) is 0 Å². The number of allylic oxidation sites excluding steroid dienone is 1. The summed E-state index contributed by atoms with van der Waals surface area (Å²) >= 11 is 0. The first kappa shape index (κ1) is 19.2. The largest absolute Gasteiger partial charge is 0.340 e. The third kappa shape index (κ3) is 3.50. The lowest BCUT2D eigenvalue weighted by molar-refractivity contribution is 0.802. The van der Waals surface area contributed by atoms with Gasteiger partial charge in [0, 0.05) is 28.7 Å². The van der Waals surface area contributed by atoms with Crippen molar-refractivity contribution in [3.05, 3.63) is 106 Å². The van der Waals surface area contributed by atoms with Crippen molar-refractivity contribution >= 4 is 22.6 Å². The molecule has 0 aliphatic heterocycles. The van der Waals surface area contributed by atoms with Gasteiger partial charge in [-0.1, -0.05) is 66.2 Å². The monoisotopic (exact) mass is 387 g/mol. The van der Waals surface area contributed by atoms with E-state index < -0.39 is 0 Å². The zero-order valence-corrected chi connectivity index (χ0v) is 17.1. The molecule has 0 spiro atoms. The first-order valence-electron chi connectivity index (χ1n) is 9.87. The van der Waals surface area contributed by atoms with Crippen molar-refractivity contribution in [2.24, 2.45) is 0 Å². The number of para-hydroxylation sites is 1. The van der Waals surface area contributed by atoms with E-state index in [0.717, 1.165) is 33.3 Å². The molecule has 0 saturated heterocycles. The van der Waals surface area contributed by atoms with E-state index in [-0.39, 0.29) is 0 Å². The van der Waals surface area contributed by atoms with Crippen LogP contribution in [0.25, 0.3) is 22.6 Å². The first-order chi connectivity index (χ1) is 14.6. The molecular weight excluding hydrogens is 366 g/mol. The maximum absolute atomic E-state index is 9.82. The van der Waals surface area contributed by atoms with Crippen LogP contribution in [0.4, 0.5) is 0 Å². The number of aromatic nitrogens is 1. The van der Waals surface area contributed by atoms with Crippen molar-refractivity contribution in [1.82, 2.24) is 4.57 Å². The Balaban J connectivity index is 1.88. The van der Waals surface area contributed by atoms with Gasteiger partial charge in [-0.05, 0) is 43.2 Å². The van der Waals surface area contributed by atoms with Crippen molar-refractivity contribution in [3.63, 3.8) is 0 Å². The van der Waals surface area contributed by atoms with Gasteiger partial charge in [0.05, 0.1) is 23.3 Å². The standard InChI is InChI=1S/C27H21N3/c1-19-11-13-21(14-12-19)24(17-29)15-26-20(2)30(27-10-6-5-9-25(26)27)18-23-8-4-3-7-22(23)16-28/h3-15H,18H2,1-2H3/b24-15-. The molecule has 1 aromatic heterocycles. The highest BCUT2D eigenvalue weighted by Crippen LogP contribution is 2.31. The highest BCUT2D eigenvalue weighted by molar-refractivity contribution is 5.99. The summed E-state index contributed by atoms with van der Waals surface area (Å²) in [7, 11) is 0. The van der Waals surface area contributed by atoms with Crippen LogP contribution >= 0.6 is 0 Å². The summed E-state index contributed by atoms with van der Waals surface area (Å²) in [6.07, 6.45) is 1.98. The molecule has 144 valence electrons. The molecule has 0 unspecified atom stereocenters. The molecule has 0 bridgehead atoms. The van der Waals surface area contributed by atoms with Crippen LogP contribution in [-0.4, -0.2) is 4.57 Å². The SMILES string of the molecule is Cc1ccc(/C(C#N)=C\c2c(C)n(Cc3ccccc3C#N)c3ccccc23)cc1. The third-order valence-electron chi connectivity index (χ3n) is 5.52. The predicted octanol–water partition coefficient (Wildman–Crippen LogP) is 6.24. The average molecular weight is 387 g/mol. The second-order valence-corrected chi connectivity index (χ2v) is 7.41. The van der Waals surface area contributed by atoms with Gasteiger partial charge in [-0.3, -0.25) is 0 Å². The van der Waals surface area contributed by atoms with Crippen molar-refractivity contribution in [2.45, 2.75) is 20.4 Å². The summed E-state index contributed by atoms with van der Waals surface area (Å²) in [5, 5.41) is 20.4. The molecule has 1 heterocycles. The van der Waals surface area contributed by atoms with Crippen molar-refractivity contribution in [3.8, 4) is 12.1 Å². The minimum absolute atomic E-state index is 0.607. The molecule has 0 atom stereocenters. The second kappa shape index (κ2) is 8.11. The Kier molecular flexibility index (Phi) is 5.21. The summed E-state index contributed by atoms with van der Waals surface area (Å²) in [4.78, 5) is 0. The summed E-state index contributed by atoms with van der Waals surface area (Å²) in [5.74, 6) is 0. The average Bonchev–Trinajstić information content (AvgIpc) is 3.04. The predicted molar refractivity (Wildman–Crippen MR) is 122 cm³/mol. The van der Waals surface area contributed by atoms with E-state index in [9.17, 15) is 10.5 Å². The number of fused-ring (bicyclic) bond motifs is 1. The Morgan fingerprint density at radius 1 is 0.900 bits per heavy atom. The molecule has 0 amide bonds. The number of aryl methyl sites for hydroxylation is 1. The van der Waals surface area contributed by atoms with Gasteiger partial charge in [-0.2, -0.15) is 10.5 Å². The fourth-order valence-corrected chi connectivity index (χ4v) is 3.84. The van der Waals surface area contributed by atoms with E-state index in [1.807, 2.05) is 73.7 Å². The minimum Gasteiger partial charge on any atom is -0.340 e. The summed E-state index contributed by atoms with van der Waals surface area (Å²) in [5.41, 5.74) is 7.59. The van der Waals surface area contributed by atoms with Crippen molar-refractivity contribution in [1.29, 1.82) is 10.5 Å². The molecule has 0 radical (unpaired) electrons. The molecule has 3 heteroatoms. The van der Waals surface area contributed by atoms with Crippen LogP contribution < -0.4 is 0 Å². The van der Waals surface area contributed by atoms with Gasteiger partial charge >= 0.3 is 0 Å². The topological polar surface area (TPSA) is 52.5 Å². The number of rotatable bonds is 4. The molecule has 4 aromatic rings. The number of nitrogens with zero attached hydrogens (tertiary/aromatic N) is 3. The van der Waals surface area contributed by atoms with Gasteiger partial charge in [0.2, 0.25) is 0 Å². The lowest BCUT2D eigenvalue weighted by Gasteiger charge is -2.10. The fourth-order valence-electron chi connectivity index (χ4n) is 3.84. The van der Waals surface area contributed by atoms with Crippen LogP contribution in [0.5, 0.6) is 0 Å². The Morgan fingerprint density at radius 3 is 2.33 bits per heavy atom. The second-order valence-electron chi connectivity index (χ2n) is 7.41. The summed E-state index contributed by atoms with van der Waals surface area (Å²) < 4.78 is 2.22. The van der Waals surface area contributed by atoms with E-state index in [1.54, 1.807) is 0 Å². The van der Waals surface area contributed by atoms with E-state index >= 15 is 0 Å². The van der Waals surface area contributed by atoms with Gasteiger partial charge in [-0.25, -0.2) is 0 Å². The molecule has 0 fully saturated rings. The lowest BCUT2D eigenvalue weighted by Crippen LogP contribution is -2.03. The van der Waals surface area contributed by atoms with E-state index in [1.165, 1.54) is 5.56 Å². The smallest absolute Gasteiger partial charge is 0.0998 e. The molecule has 0 N–H and O–H groups in total. The molecule has 0 aliphatic carbocycles. The zero-order valence-electron chi connectivity index (χ0n) is 17.1. The Labute approximate surface area is 176 Å². The van der Waals surface area contributed by atoms with Gasteiger partial charge in [0.1, 0.15) is 0 Å². The van der Waals surface area contributed by atoms with Crippen LogP contribution in [0.2, 0.25) is 0 Å². The van der Waals surface area contributed by atoms with Crippen molar-refractivity contribution < 1.29 is 0 Å². The highest BCUT2D eigenvalue weighted by atomic mass is 15.0. The normalized spacial score (nSPS) is 11.3. The highest BCUT2D eigenvalue weighted by Gasteiger charge is 2.15. The fraction of sp³-hybridized carbons (Fsp3) is 0.111. The molecular formula is C27H21N3. The maximum Gasteiger partial charge on any atom is 0.0998 e. The summed E-state index contributed by atoms with van der Waals surface area (Å²) in [6.45, 7) is 4.72. The summed E-state index contributed by atoms with van der Waals surface area (Å²) in [6, 6.07) is 28.6. The number of hydrogen-bond acceptors (Lipinski definition) is 2.